The third kappa shape index (κ3) is 3.70. The van der Waals surface area contributed by atoms with Crippen molar-refractivity contribution in [3.05, 3.63) is 0 Å². The van der Waals surface area contributed by atoms with Gasteiger partial charge in [0, 0.05) is 25.3 Å². The van der Waals surface area contributed by atoms with Crippen LogP contribution in [-0.2, 0) is 4.74 Å². The van der Waals surface area contributed by atoms with Crippen LogP contribution in [0, 0.1) is 0 Å². The molecule has 0 atom stereocenters. The Balaban J connectivity index is 2.04. The van der Waals surface area contributed by atoms with E-state index in [1.807, 2.05) is 20.8 Å². The van der Waals surface area contributed by atoms with Gasteiger partial charge in [-0.15, -0.1) is 0 Å². The average Bonchev–Trinajstić information content (AvgIpc) is 2.97. The third-order valence-electron chi connectivity index (χ3n) is 2.46. The van der Waals surface area contributed by atoms with E-state index in [9.17, 15) is 4.79 Å². The number of rotatable bonds is 3. The first-order valence-corrected chi connectivity index (χ1v) is 6.12. The first-order chi connectivity index (χ1) is 8.96. The Morgan fingerprint density at radius 3 is 2.11 bits per heavy atom. The number of hydrogen-bond acceptors (Lipinski definition) is 6. The summed E-state index contributed by atoms with van der Waals surface area (Å²) < 4.78 is 5.25. The highest BCUT2D eigenvalue weighted by atomic mass is 16.6. The fourth-order valence-electron chi connectivity index (χ4n) is 1.72. The number of hydrogen-bond donors (Lipinski definition) is 1. The van der Waals surface area contributed by atoms with E-state index in [2.05, 4.69) is 25.7 Å². The summed E-state index contributed by atoms with van der Waals surface area (Å²) in [5.74, 6) is 0. The highest BCUT2D eigenvalue weighted by Crippen LogP contribution is 2.11. The number of nitrogens with zero attached hydrogens (tertiary/aromatic N) is 4. The number of alkyl carbamates (subject to hydrolysis) is 1. The van der Waals surface area contributed by atoms with Gasteiger partial charge >= 0.3 is 6.09 Å². The maximum atomic E-state index is 11.9. The van der Waals surface area contributed by atoms with Crippen LogP contribution in [0.1, 0.15) is 33.6 Å². The van der Waals surface area contributed by atoms with E-state index in [-0.39, 0.29) is 0 Å². The predicted molar refractivity (Wildman–Crippen MR) is 74.2 cm³/mol. The van der Waals surface area contributed by atoms with Crippen LogP contribution in [0.25, 0.3) is 0 Å². The van der Waals surface area contributed by atoms with E-state index in [1.165, 1.54) is 0 Å². The molecule has 0 bridgehead atoms. The Morgan fingerprint density at radius 1 is 1.21 bits per heavy atom. The highest BCUT2D eigenvalue weighted by molar-refractivity contribution is 6.20. The molecule has 2 aliphatic heterocycles. The van der Waals surface area contributed by atoms with Crippen LogP contribution in [0.15, 0.2) is 20.4 Å². The van der Waals surface area contributed by atoms with E-state index in [0.717, 1.165) is 11.4 Å². The molecule has 19 heavy (non-hydrogen) atoms. The first kappa shape index (κ1) is 13.4. The van der Waals surface area contributed by atoms with E-state index >= 15 is 0 Å². The van der Waals surface area contributed by atoms with Crippen LogP contribution in [0.5, 0.6) is 0 Å². The number of ether oxygens (including phenoxy) is 1. The maximum Gasteiger partial charge on any atom is 0.408 e. The van der Waals surface area contributed by atoms with Gasteiger partial charge in [-0.3, -0.25) is 0 Å². The molecule has 0 unspecified atom stereocenters. The molecule has 7 nitrogen and oxygen atoms in total. The van der Waals surface area contributed by atoms with Crippen molar-refractivity contribution in [2.45, 2.75) is 45.3 Å². The smallest absolute Gasteiger partial charge is 0.408 e. The molecule has 0 spiro atoms. The minimum atomic E-state index is -0.545. The molecule has 2 heterocycles. The minimum absolute atomic E-state index is 0.403. The van der Waals surface area contributed by atoms with Gasteiger partial charge in [-0.1, -0.05) is 0 Å². The fraction of sp³-hybridized carbons (Fsp3) is 0.583. The summed E-state index contributed by atoms with van der Waals surface area (Å²) in [6, 6.07) is -0.403. The van der Waals surface area contributed by atoms with Crippen molar-refractivity contribution in [3.63, 3.8) is 0 Å². The van der Waals surface area contributed by atoms with Crippen molar-refractivity contribution in [2.75, 3.05) is 0 Å². The molecule has 0 fully saturated rings. The summed E-state index contributed by atoms with van der Waals surface area (Å²) in [5.41, 5.74) is 0.946. The molecule has 0 aromatic rings. The van der Waals surface area contributed by atoms with Crippen LogP contribution < -0.4 is 5.32 Å². The molecule has 7 heteroatoms. The first-order valence-electron chi connectivity index (χ1n) is 6.12. The molecule has 2 rings (SSSR count). The van der Waals surface area contributed by atoms with Crippen LogP contribution in [0.4, 0.5) is 4.79 Å². The van der Waals surface area contributed by atoms with Crippen molar-refractivity contribution in [2.24, 2.45) is 20.4 Å². The lowest BCUT2D eigenvalue weighted by Crippen LogP contribution is -2.47. The molecule has 2 aliphatic rings. The SMILES string of the molecule is CC(C)(C)OC(=O)NC(C1=NN=CC1)C1=NN=CC1. The van der Waals surface area contributed by atoms with E-state index < -0.39 is 17.7 Å². The van der Waals surface area contributed by atoms with Crippen molar-refractivity contribution < 1.29 is 9.53 Å². The standard InChI is InChI=1S/C12H17N5O2/c1-12(2,3)19-11(18)15-10(8-4-6-13-16-8)9-5-7-14-17-9/h6-7,10H,4-5H2,1-3H3,(H,15,18). The van der Waals surface area contributed by atoms with Gasteiger partial charge in [0.15, 0.2) is 0 Å². The van der Waals surface area contributed by atoms with Crippen molar-refractivity contribution >= 4 is 29.9 Å². The lowest BCUT2D eigenvalue weighted by molar-refractivity contribution is 0.0528. The van der Waals surface area contributed by atoms with Crippen molar-refractivity contribution in [1.29, 1.82) is 0 Å². The zero-order valence-electron chi connectivity index (χ0n) is 11.3. The van der Waals surface area contributed by atoms with Gasteiger partial charge in [0.1, 0.15) is 11.6 Å². The normalized spacial score (nSPS) is 17.7. The summed E-state index contributed by atoms with van der Waals surface area (Å²) in [7, 11) is 0. The average molecular weight is 263 g/mol. The molecule has 102 valence electrons. The van der Waals surface area contributed by atoms with Gasteiger partial charge in [0.2, 0.25) is 0 Å². The van der Waals surface area contributed by atoms with Crippen LogP contribution in [0.2, 0.25) is 0 Å². The molecule has 0 aromatic heterocycles. The van der Waals surface area contributed by atoms with Crippen LogP contribution in [-0.4, -0.2) is 41.6 Å². The molecule has 0 saturated heterocycles. The van der Waals surface area contributed by atoms with E-state index in [4.69, 9.17) is 4.74 Å². The number of amides is 1. The highest BCUT2D eigenvalue weighted by Gasteiger charge is 2.28. The van der Waals surface area contributed by atoms with E-state index in [0.29, 0.717) is 12.8 Å². The van der Waals surface area contributed by atoms with Gasteiger partial charge < -0.3 is 10.1 Å². The molecular formula is C12H17N5O2. The molecular weight excluding hydrogens is 246 g/mol. The Kier molecular flexibility index (Phi) is 3.73. The summed E-state index contributed by atoms with van der Waals surface area (Å²) in [4.78, 5) is 11.9. The Labute approximate surface area is 111 Å². The summed E-state index contributed by atoms with van der Waals surface area (Å²) in [5, 5.41) is 18.4. The zero-order chi connectivity index (χ0) is 13.9. The molecule has 1 N–H and O–H groups in total. The molecule has 0 saturated carbocycles. The molecule has 0 radical (unpaired) electrons. The Hall–Kier alpha value is -2.05. The zero-order valence-corrected chi connectivity index (χ0v) is 11.3. The van der Waals surface area contributed by atoms with Gasteiger partial charge in [-0.25, -0.2) is 4.79 Å². The number of carbonyl (C=O) groups is 1. The second kappa shape index (κ2) is 5.29. The Bertz CT molecular complexity index is 455. The minimum Gasteiger partial charge on any atom is -0.444 e. The predicted octanol–water partition coefficient (Wildman–Crippen LogP) is 1.54. The molecule has 1 amide bonds. The summed E-state index contributed by atoms with van der Waals surface area (Å²) >= 11 is 0. The largest absolute Gasteiger partial charge is 0.444 e. The summed E-state index contributed by atoms with van der Waals surface area (Å²) in [6.45, 7) is 5.44. The lowest BCUT2D eigenvalue weighted by Gasteiger charge is -2.23. The molecule has 0 aromatic carbocycles. The second-order valence-electron chi connectivity index (χ2n) is 5.27. The van der Waals surface area contributed by atoms with Crippen LogP contribution >= 0.6 is 0 Å². The lowest BCUT2D eigenvalue weighted by atomic mass is 10.0. The topological polar surface area (TPSA) is 87.8 Å². The maximum absolute atomic E-state index is 11.9. The summed E-state index contributed by atoms with van der Waals surface area (Å²) in [6.07, 6.45) is 4.07. The second-order valence-corrected chi connectivity index (χ2v) is 5.27. The molecule has 0 aliphatic carbocycles. The van der Waals surface area contributed by atoms with Crippen LogP contribution in [0.3, 0.4) is 0 Å². The quantitative estimate of drug-likeness (QED) is 0.837. The monoisotopic (exact) mass is 263 g/mol. The third-order valence-corrected chi connectivity index (χ3v) is 2.46. The Morgan fingerprint density at radius 2 is 1.74 bits per heavy atom. The van der Waals surface area contributed by atoms with Gasteiger partial charge in [-0.05, 0) is 20.8 Å². The number of nitrogens with one attached hydrogen (secondary N) is 1. The number of carbonyl (C=O) groups excluding carboxylic acids is 1. The van der Waals surface area contributed by atoms with Crippen molar-refractivity contribution in [1.82, 2.24) is 5.32 Å². The van der Waals surface area contributed by atoms with Gasteiger partial charge in [0.25, 0.3) is 0 Å². The van der Waals surface area contributed by atoms with Gasteiger partial charge in [0.05, 0.1) is 11.4 Å². The van der Waals surface area contributed by atoms with Crippen molar-refractivity contribution in [3.8, 4) is 0 Å². The van der Waals surface area contributed by atoms with Gasteiger partial charge in [-0.2, -0.15) is 20.4 Å². The fourth-order valence-corrected chi connectivity index (χ4v) is 1.72. The van der Waals surface area contributed by atoms with E-state index in [1.54, 1.807) is 12.4 Å².